The number of nitrogens with two attached hydrogens (primary N) is 1. The summed E-state index contributed by atoms with van der Waals surface area (Å²) in [4.78, 5) is 4.64. The van der Waals surface area contributed by atoms with Crippen LogP contribution in [-0.2, 0) is 5.41 Å². The van der Waals surface area contributed by atoms with Crippen molar-refractivity contribution in [3.05, 3.63) is 35.9 Å². The van der Waals surface area contributed by atoms with Gasteiger partial charge in [-0.3, -0.25) is 4.99 Å². The third kappa shape index (κ3) is 2.58. The number of nitrogens with zero attached hydrogens (tertiary/aromatic N) is 1. The van der Waals surface area contributed by atoms with Crippen LogP contribution in [0.15, 0.2) is 35.3 Å². The molecule has 1 fully saturated rings. The summed E-state index contributed by atoms with van der Waals surface area (Å²) in [5, 5.41) is 0. The Morgan fingerprint density at radius 3 is 2.28 bits per heavy atom. The number of aliphatic imine (C=N–C) groups is 1. The second kappa shape index (κ2) is 5.55. The van der Waals surface area contributed by atoms with E-state index in [1.54, 1.807) is 0 Å². The van der Waals surface area contributed by atoms with Crippen LogP contribution in [-0.4, -0.2) is 11.9 Å². The predicted molar refractivity (Wildman–Crippen MR) is 78.0 cm³/mol. The van der Waals surface area contributed by atoms with E-state index in [0.717, 1.165) is 18.7 Å². The second-order valence-electron chi connectivity index (χ2n) is 5.62. The normalized spacial score (nSPS) is 20.1. The van der Waals surface area contributed by atoms with Crippen molar-refractivity contribution in [2.45, 2.75) is 57.4 Å². The fourth-order valence-corrected chi connectivity index (χ4v) is 3.01. The Balaban J connectivity index is 2.41. The van der Waals surface area contributed by atoms with E-state index in [-0.39, 0.29) is 11.5 Å². The van der Waals surface area contributed by atoms with Crippen LogP contribution in [0.2, 0.25) is 0 Å². The Hall–Kier alpha value is -1.31. The molecule has 2 N–H and O–H groups in total. The minimum absolute atomic E-state index is 0.0101. The molecule has 0 saturated heterocycles. The molecule has 1 aromatic rings. The fourth-order valence-electron chi connectivity index (χ4n) is 3.01. The lowest BCUT2D eigenvalue weighted by molar-refractivity contribution is 0.376. The predicted octanol–water partition coefficient (Wildman–Crippen LogP) is 3.65. The van der Waals surface area contributed by atoms with Crippen LogP contribution in [0.1, 0.15) is 51.5 Å². The van der Waals surface area contributed by atoms with Gasteiger partial charge in [0.25, 0.3) is 0 Å². The Bertz CT molecular complexity index is 400. The molecule has 0 atom stereocenters. The fraction of sp³-hybridized carbons (Fsp3) is 0.562. The average molecular weight is 244 g/mol. The van der Waals surface area contributed by atoms with Crippen molar-refractivity contribution in [1.29, 1.82) is 0 Å². The molecule has 1 aliphatic rings. The van der Waals surface area contributed by atoms with Crippen LogP contribution in [0.3, 0.4) is 0 Å². The van der Waals surface area contributed by atoms with Crippen LogP contribution in [0.4, 0.5) is 0 Å². The standard InChI is InChI=1S/C16H24N2/c1-13(2)18-15(17)16(11-7-4-8-12-16)14-9-5-3-6-10-14/h3,5-6,9-10,13H,4,7-8,11-12H2,1-2H3,(H2,17,18). The van der Waals surface area contributed by atoms with Crippen molar-refractivity contribution in [1.82, 2.24) is 0 Å². The van der Waals surface area contributed by atoms with E-state index in [0.29, 0.717) is 0 Å². The molecule has 0 radical (unpaired) electrons. The van der Waals surface area contributed by atoms with Gasteiger partial charge < -0.3 is 5.73 Å². The first-order chi connectivity index (χ1) is 8.65. The summed E-state index contributed by atoms with van der Waals surface area (Å²) >= 11 is 0. The molecule has 0 spiro atoms. The van der Waals surface area contributed by atoms with Crippen molar-refractivity contribution in [3.63, 3.8) is 0 Å². The summed E-state index contributed by atoms with van der Waals surface area (Å²) < 4.78 is 0. The molecule has 1 aromatic carbocycles. The summed E-state index contributed by atoms with van der Waals surface area (Å²) in [5.74, 6) is 0.836. The SMILES string of the molecule is CC(C)N=C(N)C1(c2ccccc2)CCCCC1. The van der Waals surface area contributed by atoms with E-state index >= 15 is 0 Å². The largest absolute Gasteiger partial charge is 0.387 e. The lowest BCUT2D eigenvalue weighted by atomic mass is 9.68. The van der Waals surface area contributed by atoms with Gasteiger partial charge in [-0.05, 0) is 32.3 Å². The van der Waals surface area contributed by atoms with E-state index < -0.39 is 0 Å². The van der Waals surface area contributed by atoms with Crippen molar-refractivity contribution in [3.8, 4) is 0 Å². The quantitative estimate of drug-likeness (QED) is 0.639. The zero-order valence-corrected chi connectivity index (χ0v) is 11.5. The zero-order chi connectivity index (χ0) is 13.0. The highest BCUT2D eigenvalue weighted by atomic mass is 14.9. The second-order valence-corrected chi connectivity index (χ2v) is 5.62. The molecular weight excluding hydrogens is 220 g/mol. The van der Waals surface area contributed by atoms with Gasteiger partial charge in [0, 0.05) is 6.04 Å². The highest BCUT2D eigenvalue weighted by Gasteiger charge is 2.37. The first kappa shape index (κ1) is 13.1. The van der Waals surface area contributed by atoms with Crippen LogP contribution in [0.5, 0.6) is 0 Å². The Morgan fingerprint density at radius 1 is 1.11 bits per heavy atom. The molecule has 1 saturated carbocycles. The Labute approximate surface area is 110 Å². The van der Waals surface area contributed by atoms with Crippen LogP contribution < -0.4 is 5.73 Å². The topological polar surface area (TPSA) is 38.4 Å². The van der Waals surface area contributed by atoms with Crippen molar-refractivity contribution < 1.29 is 0 Å². The first-order valence-corrected chi connectivity index (χ1v) is 7.04. The van der Waals surface area contributed by atoms with Gasteiger partial charge in [0.2, 0.25) is 0 Å². The third-order valence-electron chi connectivity index (χ3n) is 3.92. The number of hydrogen-bond acceptors (Lipinski definition) is 1. The summed E-state index contributed by atoms with van der Waals surface area (Å²) in [7, 11) is 0. The van der Waals surface area contributed by atoms with Crippen LogP contribution in [0, 0.1) is 0 Å². The summed E-state index contributed by atoms with van der Waals surface area (Å²) in [6.07, 6.45) is 6.11. The molecule has 0 unspecified atom stereocenters. The van der Waals surface area contributed by atoms with E-state index in [2.05, 4.69) is 49.2 Å². The first-order valence-electron chi connectivity index (χ1n) is 7.04. The van der Waals surface area contributed by atoms with Gasteiger partial charge in [0.1, 0.15) is 5.84 Å². The monoisotopic (exact) mass is 244 g/mol. The average Bonchev–Trinajstić information content (AvgIpc) is 2.40. The van der Waals surface area contributed by atoms with E-state index in [1.807, 2.05) is 0 Å². The molecule has 0 aliphatic heterocycles. The van der Waals surface area contributed by atoms with Gasteiger partial charge in [-0.1, -0.05) is 49.6 Å². The molecule has 2 rings (SSSR count). The Morgan fingerprint density at radius 2 is 1.72 bits per heavy atom. The summed E-state index contributed by atoms with van der Waals surface area (Å²) in [5.41, 5.74) is 7.70. The van der Waals surface area contributed by atoms with Crippen molar-refractivity contribution in [2.24, 2.45) is 10.7 Å². The maximum Gasteiger partial charge on any atom is 0.105 e. The van der Waals surface area contributed by atoms with Gasteiger partial charge in [-0.25, -0.2) is 0 Å². The third-order valence-corrected chi connectivity index (χ3v) is 3.92. The highest BCUT2D eigenvalue weighted by molar-refractivity contribution is 5.92. The number of amidine groups is 1. The summed E-state index contributed by atoms with van der Waals surface area (Å²) in [6, 6.07) is 11.0. The molecule has 0 bridgehead atoms. The van der Waals surface area contributed by atoms with E-state index in [1.165, 1.54) is 24.8 Å². The molecule has 2 nitrogen and oxygen atoms in total. The van der Waals surface area contributed by atoms with Crippen molar-refractivity contribution >= 4 is 5.84 Å². The zero-order valence-electron chi connectivity index (χ0n) is 11.5. The number of rotatable bonds is 3. The van der Waals surface area contributed by atoms with Crippen LogP contribution >= 0.6 is 0 Å². The Kier molecular flexibility index (Phi) is 4.05. The van der Waals surface area contributed by atoms with Gasteiger partial charge in [-0.2, -0.15) is 0 Å². The molecule has 1 aliphatic carbocycles. The molecule has 98 valence electrons. The van der Waals surface area contributed by atoms with Gasteiger partial charge in [0.05, 0.1) is 5.41 Å². The molecule has 0 heterocycles. The highest BCUT2D eigenvalue weighted by Crippen LogP contribution is 2.39. The van der Waals surface area contributed by atoms with Gasteiger partial charge in [-0.15, -0.1) is 0 Å². The summed E-state index contributed by atoms with van der Waals surface area (Å²) in [6.45, 7) is 4.18. The molecule has 0 aromatic heterocycles. The smallest absolute Gasteiger partial charge is 0.105 e. The van der Waals surface area contributed by atoms with E-state index in [9.17, 15) is 0 Å². The van der Waals surface area contributed by atoms with E-state index in [4.69, 9.17) is 5.73 Å². The molecule has 2 heteroatoms. The molecule has 18 heavy (non-hydrogen) atoms. The molecular formula is C16H24N2. The lowest BCUT2D eigenvalue weighted by Gasteiger charge is -2.37. The van der Waals surface area contributed by atoms with Crippen molar-refractivity contribution in [2.75, 3.05) is 0 Å². The lowest BCUT2D eigenvalue weighted by Crippen LogP contribution is -2.43. The van der Waals surface area contributed by atoms with Crippen LogP contribution in [0.25, 0.3) is 0 Å². The number of benzene rings is 1. The maximum atomic E-state index is 6.37. The minimum Gasteiger partial charge on any atom is -0.387 e. The van der Waals surface area contributed by atoms with Gasteiger partial charge >= 0.3 is 0 Å². The van der Waals surface area contributed by atoms with Gasteiger partial charge in [0.15, 0.2) is 0 Å². The molecule has 0 amide bonds. The minimum atomic E-state index is -0.0101. The maximum absolute atomic E-state index is 6.37. The number of hydrogen-bond donors (Lipinski definition) is 1.